The molecule has 25 heavy (non-hydrogen) atoms. The summed E-state index contributed by atoms with van der Waals surface area (Å²) < 4.78 is 13.3. The maximum absolute atomic E-state index is 13.3. The SMILES string of the molecule is Fc1ccc([C@@H]2CC(c3ccc(Cl)cc3)=C[C@@H]2c2ccccc2)cc1. The highest BCUT2D eigenvalue weighted by Crippen LogP contribution is 2.47. The summed E-state index contributed by atoms with van der Waals surface area (Å²) in [5.41, 5.74) is 4.99. The zero-order valence-electron chi connectivity index (χ0n) is 13.7. The average Bonchev–Trinajstić information content (AvgIpc) is 3.09. The topological polar surface area (TPSA) is 0 Å². The smallest absolute Gasteiger partial charge is 0.123 e. The molecule has 1 aliphatic carbocycles. The molecule has 124 valence electrons. The summed E-state index contributed by atoms with van der Waals surface area (Å²) in [6.45, 7) is 0. The van der Waals surface area contributed by atoms with Crippen molar-refractivity contribution in [2.75, 3.05) is 0 Å². The molecule has 0 spiro atoms. The lowest BCUT2D eigenvalue weighted by Crippen LogP contribution is -2.05. The standard InChI is InChI=1S/C23H18ClF/c24-20-10-6-16(7-11-20)19-14-22(17-4-2-1-3-5-17)23(15-19)18-8-12-21(25)13-9-18/h1-14,22-23H,15H2/t22-,23+/m1/s1. The Labute approximate surface area is 152 Å². The molecule has 0 aliphatic heterocycles. The Morgan fingerprint density at radius 1 is 0.760 bits per heavy atom. The number of rotatable bonds is 3. The van der Waals surface area contributed by atoms with E-state index in [0.29, 0.717) is 5.92 Å². The molecule has 0 saturated carbocycles. The van der Waals surface area contributed by atoms with Crippen molar-refractivity contribution >= 4 is 17.2 Å². The molecule has 0 nitrogen and oxygen atoms in total. The van der Waals surface area contributed by atoms with Crippen LogP contribution >= 0.6 is 11.6 Å². The molecule has 0 fully saturated rings. The molecule has 0 heterocycles. The molecule has 0 saturated heterocycles. The fraction of sp³-hybridized carbons (Fsp3) is 0.130. The highest BCUT2D eigenvalue weighted by molar-refractivity contribution is 6.30. The summed E-state index contributed by atoms with van der Waals surface area (Å²) in [6.07, 6.45) is 3.29. The Balaban J connectivity index is 1.73. The Hall–Kier alpha value is -2.38. The first-order chi connectivity index (χ1) is 12.2. The van der Waals surface area contributed by atoms with Crippen LogP contribution in [0.2, 0.25) is 5.02 Å². The first kappa shape index (κ1) is 16.1. The minimum absolute atomic E-state index is 0.191. The lowest BCUT2D eigenvalue weighted by molar-refractivity contribution is 0.621. The van der Waals surface area contributed by atoms with E-state index in [1.807, 2.05) is 30.3 Å². The van der Waals surface area contributed by atoms with E-state index in [9.17, 15) is 4.39 Å². The first-order valence-corrected chi connectivity index (χ1v) is 8.85. The van der Waals surface area contributed by atoms with Gasteiger partial charge in [0.25, 0.3) is 0 Å². The molecule has 3 aromatic carbocycles. The van der Waals surface area contributed by atoms with Gasteiger partial charge in [-0.3, -0.25) is 0 Å². The fourth-order valence-corrected chi connectivity index (χ4v) is 3.81. The van der Waals surface area contributed by atoms with E-state index >= 15 is 0 Å². The third-order valence-electron chi connectivity index (χ3n) is 4.95. The maximum atomic E-state index is 13.3. The van der Waals surface area contributed by atoms with Gasteiger partial charge in [0.2, 0.25) is 0 Å². The third-order valence-corrected chi connectivity index (χ3v) is 5.20. The van der Waals surface area contributed by atoms with E-state index in [2.05, 4.69) is 42.5 Å². The Bertz CT molecular complexity index is 880. The van der Waals surface area contributed by atoms with Crippen LogP contribution < -0.4 is 0 Å². The van der Waals surface area contributed by atoms with Gasteiger partial charge in [-0.05, 0) is 58.9 Å². The van der Waals surface area contributed by atoms with E-state index in [4.69, 9.17) is 11.6 Å². The second-order valence-corrected chi connectivity index (χ2v) is 6.93. The molecule has 0 unspecified atom stereocenters. The molecule has 3 aromatic rings. The number of halogens is 2. The summed E-state index contributed by atoms with van der Waals surface area (Å²) in [5.74, 6) is 0.412. The van der Waals surface area contributed by atoms with Crippen molar-refractivity contribution in [3.8, 4) is 0 Å². The van der Waals surface area contributed by atoms with Gasteiger partial charge < -0.3 is 0 Å². The Morgan fingerprint density at radius 3 is 2.12 bits per heavy atom. The second-order valence-electron chi connectivity index (χ2n) is 6.50. The predicted molar refractivity (Wildman–Crippen MR) is 102 cm³/mol. The van der Waals surface area contributed by atoms with Gasteiger partial charge in [0.05, 0.1) is 0 Å². The molecule has 0 amide bonds. The van der Waals surface area contributed by atoms with E-state index < -0.39 is 0 Å². The fourth-order valence-electron chi connectivity index (χ4n) is 3.68. The summed E-state index contributed by atoms with van der Waals surface area (Å²) in [7, 11) is 0. The van der Waals surface area contributed by atoms with Gasteiger partial charge in [0.1, 0.15) is 5.82 Å². The quantitative estimate of drug-likeness (QED) is 0.486. The molecule has 0 aromatic heterocycles. The van der Waals surface area contributed by atoms with Crippen molar-refractivity contribution < 1.29 is 4.39 Å². The number of benzene rings is 3. The van der Waals surface area contributed by atoms with E-state index in [0.717, 1.165) is 11.4 Å². The lowest BCUT2D eigenvalue weighted by Gasteiger charge is -2.20. The highest BCUT2D eigenvalue weighted by Gasteiger charge is 2.30. The van der Waals surface area contributed by atoms with Crippen LogP contribution in [0.3, 0.4) is 0 Å². The summed E-state index contributed by atoms with van der Waals surface area (Å²) in [5, 5.41) is 0.747. The van der Waals surface area contributed by atoms with Crippen LogP contribution in [0.1, 0.15) is 34.9 Å². The minimum Gasteiger partial charge on any atom is -0.207 e. The van der Waals surface area contributed by atoms with Crippen LogP contribution in [0.25, 0.3) is 5.57 Å². The number of hydrogen-bond donors (Lipinski definition) is 0. The van der Waals surface area contributed by atoms with Crippen molar-refractivity contribution in [2.45, 2.75) is 18.3 Å². The zero-order valence-corrected chi connectivity index (χ0v) is 14.5. The van der Waals surface area contributed by atoms with Crippen molar-refractivity contribution in [2.24, 2.45) is 0 Å². The molecule has 0 N–H and O–H groups in total. The van der Waals surface area contributed by atoms with Crippen LogP contribution in [-0.4, -0.2) is 0 Å². The Kier molecular flexibility index (Phi) is 4.42. The summed E-state index contributed by atoms with van der Waals surface area (Å²) in [4.78, 5) is 0. The van der Waals surface area contributed by atoms with E-state index in [-0.39, 0.29) is 11.7 Å². The van der Waals surface area contributed by atoms with Gasteiger partial charge in [0.15, 0.2) is 0 Å². The number of allylic oxidation sites excluding steroid dienone is 2. The van der Waals surface area contributed by atoms with Crippen molar-refractivity contribution in [1.29, 1.82) is 0 Å². The predicted octanol–water partition coefficient (Wildman–Crippen LogP) is 6.83. The second kappa shape index (κ2) is 6.85. The van der Waals surface area contributed by atoms with Gasteiger partial charge >= 0.3 is 0 Å². The Morgan fingerprint density at radius 2 is 1.44 bits per heavy atom. The van der Waals surface area contributed by atoms with Crippen LogP contribution in [0, 0.1) is 5.82 Å². The molecule has 2 atom stereocenters. The molecule has 1 aliphatic rings. The monoisotopic (exact) mass is 348 g/mol. The molecular formula is C23H18ClF. The van der Waals surface area contributed by atoms with Crippen molar-refractivity contribution in [3.63, 3.8) is 0 Å². The zero-order chi connectivity index (χ0) is 17.2. The van der Waals surface area contributed by atoms with Gasteiger partial charge in [-0.1, -0.05) is 72.3 Å². The molecule has 0 bridgehead atoms. The van der Waals surface area contributed by atoms with Crippen molar-refractivity contribution in [3.05, 3.63) is 112 Å². The van der Waals surface area contributed by atoms with E-state index in [1.54, 1.807) is 12.1 Å². The van der Waals surface area contributed by atoms with Crippen LogP contribution in [0.5, 0.6) is 0 Å². The summed E-state index contributed by atoms with van der Waals surface area (Å²) in [6, 6.07) is 25.5. The third kappa shape index (κ3) is 3.38. The van der Waals surface area contributed by atoms with Crippen LogP contribution in [-0.2, 0) is 0 Å². The molecule has 0 radical (unpaired) electrons. The van der Waals surface area contributed by atoms with Crippen molar-refractivity contribution in [1.82, 2.24) is 0 Å². The summed E-state index contributed by atoms with van der Waals surface area (Å²) >= 11 is 6.03. The maximum Gasteiger partial charge on any atom is 0.123 e. The largest absolute Gasteiger partial charge is 0.207 e. The normalized spacial score (nSPS) is 19.7. The van der Waals surface area contributed by atoms with Gasteiger partial charge in [-0.15, -0.1) is 0 Å². The number of hydrogen-bond acceptors (Lipinski definition) is 0. The van der Waals surface area contributed by atoms with Gasteiger partial charge in [-0.25, -0.2) is 4.39 Å². The van der Waals surface area contributed by atoms with Gasteiger partial charge in [0, 0.05) is 10.9 Å². The lowest BCUT2D eigenvalue weighted by atomic mass is 9.83. The van der Waals surface area contributed by atoms with Crippen LogP contribution in [0.4, 0.5) is 4.39 Å². The highest BCUT2D eigenvalue weighted by atomic mass is 35.5. The van der Waals surface area contributed by atoms with Crippen LogP contribution in [0.15, 0.2) is 84.9 Å². The minimum atomic E-state index is -0.191. The molecular weight excluding hydrogens is 331 g/mol. The van der Waals surface area contributed by atoms with E-state index in [1.165, 1.54) is 22.3 Å². The average molecular weight is 349 g/mol. The first-order valence-electron chi connectivity index (χ1n) is 8.48. The molecule has 2 heteroatoms. The van der Waals surface area contributed by atoms with Gasteiger partial charge in [-0.2, -0.15) is 0 Å². The molecule has 4 rings (SSSR count).